The van der Waals surface area contributed by atoms with Crippen molar-refractivity contribution in [1.29, 1.82) is 0 Å². The van der Waals surface area contributed by atoms with E-state index in [9.17, 15) is 4.79 Å². The lowest BCUT2D eigenvalue weighted by Gasteiger charge is -2.34. The predicted octanol–water partition coefficient (Wildman–Crippen LogP) is 4.05. The monoisotopic (exact) mass is 444 g/mol. The summed E-state index contributed by atoms with van der Waals surface area (Å²) in [6.45, 7) is 6.35. The quantitative estimate of drug-likeness (QED) is 0.492. The van der Waals surface area contributed by atoms with Gasteiger partial charge in [0.1, 0.15) is 5.82 Å². The average molecular weight is 444 g/mol. The number of hydrogen-bond acceptors (Lipinski definition) is 8. The van der Waals surface area contributed by atoms with E-state index >= 15 is 0 Å². The molecule has 1 aliphatic rings. The molecule has 0 saturated carbocycles. The fourth-order valence-electron chi connectivity index (χ4n) is 3.73. The van der Waals surface area contributed by atoms with Gasteiger partial charge in [0.15, 0.2) is 11.5 Å². The summed E-state index contributed by atoms with van der Waals surface area (Å²) in [7, 11) is 0. The van der Waals surface area contributed by atoms with Gasteiger partial charge in [-0.05, 0) is 38.1 Å². The SMILES string of the molecule is Cc1ccc(Nc2cc(C)nc(N3CCN(C(=O)c4cc(-c5ccco5)on4)CC3)n2)cc1. The molecule has 1 aromatic carbocycles. The van der Waals surface area contributed by atoms with Crippen LogP contribution in [0.1, 0.15) is 21.7 Å². The maximum Gasteiger partial charge on any atom is 0.276 e. The minimum atomic E-state index is -0.164. The lowest BCUT2D eigenvalue weighted by molar-refractivity contribution is 0.0736. The number of piperazine rings is 1. The molecule has 1 amide bonds. The lowest BCUT2D eigenvalue weighted by atomic mass is 10.2. The third-order valence-corrected chi connectivity index (χ3v) is 5.51. The molecule has 33 heavy (non-hydrogen) atoms. The number of anilines is 3. The average Bonchev–Trinajstić information content (AvgIpc) is 3.52. The van der Waals surface area contributed by atoms with E-state index in [0.717, 1.165) is 17.2 Å². The highest BCUT2D eigenvalue weighted by Crippen LogP contribution is 2.23. The minimum Gasteiger partial charge on any atom is -0.461 e. The highest BCUT2D eigenvalue weighted by atomic mass is 16.5. The molecule has 1 saturated heterocycles. The second kappa shape index (κ2) is 8.78. The van der Waals surface area contributed by atoms with E-state index in [1.165, 1.54) is 5.56 Å². The molecule has 0 radical (unpaired) electrons. The molecule has 3 aromatic heterocycles. The third kappa shape index (κ3) is 4.57. The van der Waals surface area contributed by atoms with Crippen molar-refractivity contribution in [3.05, 3.63) is 71.7 Å². The Hall–Kier alpha value is -4.14. The van der Waals surface area contributed by atoms with Crippen LogP contribution in [0, 0.1) is 13.8 Å². The Kier molecular flexibility index (Phi) is 5.52. The Labute approximate surface area is 191 Å². The predicted molar refractivity (Wildman–Crippen MR) is 124 cm³/mol. The molecule has 0 aliphatic carbocycles. The zero-order chi connectivity index (χ0) is 22.8. The van der Waals surface area contributed by atoms with Crippen LogP contribution in [0.4, 0.5) is 17.5 Å². The molecule has 1 aliphatic heterocycles. The normalized spacial score (nSPS) is 13.9. The summed E-state index contributed by atoms with van der Waals surface area (Å²) in [6.07, 6.45) is 1.55. The van der Waals surface area contributed by atoms with Crippen molar-refractivity contribution in [2.24, 2.45) is 0 Å². The molecule has 4 heterocycles. The zero-order valence-electron chi connectivity index (χ0n) is 18.5. The van der Waals surface area contributed by atoms with Crippen molar-refractivity contribution in [2.75, 3.05) is 36.4 Å². The first-order chi connectivity index (χ1) is 16.0. The van der Waals surface area contributed by atoms with Gasteiger partial charge in [-0.1, -0.05) is 22.9 Å². The van der Waals surface area contributed by atoms with Gasteiger partial charge in [-0.15, -0.1) is 0 Å². The van der Waals surface area contributed by atoms with Crippen molar-refractivity contribution in [1.82, 2.24) is 20.0 Å². The van der Waals surface area contributed by atoms with Crippen LogP contribution < -0.4 is 10.2 Å². The van der Waals surface area contributed by atoms with Gasteiger partial charge in [-0.25, -0.2) is 4.98 Å². The molecule has 4 aromatic rings. The van der Waals surface area contributed by atoms with Crippen LogP contribution in [0.3, 0.4) is 0 Å². The Morgan fingerprint density at radius 2 is 1.76 bits per heavy atom. The maximum absolute atomic E-state index is 12.9. The number of furan rings is 1. The molecule has 1 N–H and O–H groups in total. The summed E-state index contributed by atoms with van der Waals surface area (Å²) < 4.78 is 10.6. The summed E-state index contributed by atoms with van der Waals surface area (Å²) in [5.74, 6) is 2.20. The van der Waals surface area contributed by atoms with Crippen molar-refractivity contribution in [3.8, 4) is 11.5 Å². The topological polar surface area (TPSA) is 101 Å². The van der Waals surface area contributed by atoms with Crippen LogP contribution in [0.2, 0.25) is 0 Å². The van der Waals surface area contributed by atoms with Gasteiger partial charge in [-0.2, -0.15) is 4.98 Å². The molecule has 9 nitrogen and oxygen atoms in total. The van der Waals surface area contributed by atoms with Crippen molar-refractivity contribution in [2.45, 2.75) is 13.8 Å². The first-order valence-electron chi connectivity index (χ1n) is 10.8. The van der Waals surface area contributed by atoms with Crippen LogP contribution in [0.15, 0.2) is 63.7 Å². The minimum absolute atomic E-state index is 0.164. The van der Waals surface area contributed by atoms with Crippen molar-refractivity contribution >= 4 is 23.4 Å². The first-order valence-corrected chi connectivity index (χ1v) is 10.8. The van der Waals surface area contributed by atoms with E-state index in [1.54, 1.807) is 29.4 Å². The fourth-order valence-corrected chi connectivity index (χ4v) is 3.73. The number of amides is 1. The number of aromatic nitrogens is 3. The molecule has 0 atom stereocenters. The summed E-state index contributed by atoms with van der Waals surface area (Å²) in [5, 5.41) is 7.27. The number of aryl methyl sites for hydroxylation is 2. The molecular formula is C24H24N6O3. The Morgan fingerprint density at radius 3 is 2.48 bits per heavy atom. The standard InChI is InChI=1S/C24H24N6O3/c1-16-5-7-18(8-6-16)26-22-14-17(2)25-24(27-22)30-11-9-29(10-12-30)23(31)19-15-21(33-28-19)20-4-3-13-32-20/h3-8,13-15H,9-12H2,1-2H3,(H,25,26,27). The largest absolute Gasteiger partial charge is 0.461 e. The van der Waals surface area contributed by atoms with Crippen LogP contribution >= 0.6 is 0 Å². The van der Waals surface area contributed by atoms with Gasteiger partial charge < -0.3 is 24.1 Å². The third-order valence-electron chi connectivity index (χ3n) is 5.51. The Bertz CT molecular complexity index is 1240. The summed E-state index contributed by atoms with van der Waals surface area (Å²) in [5.41, 5.74) is 3.32. The van der Waals surface area contributed by atoms with E-state index in [2.05, 4.69) is 39.4 Å². The molecule has 5 rings (SSSR count). The highest BCUT2D eigenvalue weighted by molar-refractivity contribution is 5.93. The zero-order valence-corrected chi connectivity index (χ0v) is 18.5. The van der Waals surface area contributed by atoms with Crippen LogP contribution in [0.5, 0.6) is 0 Å². The van der Waals surface area contributed by atoms with E-state index in [4.69, 9.17) is 13.9 Å². The second-order valence-electron chi connectivity index (χ2n) is 8.02. The number of hydrogen-bond donors (Lipinski definition) is 1. The number of carbonyl (C=O) groups excluding carboxylic acids is 1. The van der Waals surface area contributed by atoms with Gasteiger partial charge in [-0.3, -0.25) is 4.79 Å². The lowest BCUT2D eigenvalue weighted by Crippen LogP contribution is -2.49. The molecular weight excluding hydrogens is 420 g/mol. The Balaban J connectivity index is 1.24. The smallest absolute Gasteiger partial charge is 0.276 e. The highest BCUT2D eigenvalue weighted by Gasteiger charge is 2.26. The van der Waals surface area contributed by atoms with E-state index in [-0.39, 0.29) is 11.6 Å². The molecule has 0 unspecified atom stereocenters. The van der Waals surface area contributed by atoms with Crippen molar-refractivity contribution in [3.63, 3.8) is 0 Å². The molecule has 168 valence electrons. The molecule has 1 fully saturated rings. The van der Waals surface area contributed by atoms with Gasteiger partial charge in [0.2, 0.25) is 11.7 Å². The molecule has 0 bridgehead atoms. The summed E-state index contributed by atoms with van der Waals surface area (Å²) in [4.78, 5) is 26.0. The number of rotatable bonds is 5. The number of carbonyl (C=O) groups is 1. The fraction of sp³-hybridized carbons (Fsp3) is 0.250. The summed E-state index contributed by atoms with van der Waals surface area (Å²) >= 11 is 0. The second-order valence-corrected chi connectivity index (χ2v) is 8.02. The van der Waals surface area contributed by atoms with Crippen LogP contribution in [-0.2, 0) is 0 Å². The van der Waals surface area contributed by atoms with Gasteiger partial charge in [0.05, 0.1) is 6.26 Å². The number of benzene rings is 1. The van der Waals surface area contributed by atoms with Crippen LogP contribution in [-0.4, -0.2) is 52.1 Å². The number of nitrogens with zero attached hydrogens (tertiary/aromatic N) is 5. The molecule has 0 spiro atoms. The van der Waals surface area contributed by atoms with E-state index < -0.39 is 0 Å². The van der Waals surface area contributed by atoms with E-state index in [0.29, 0.717) is 43.6 Å². The van der Waals surface area contributed by atoms with Gasteiger partial charge in [0, 0.05) is 49.7 Å². The first kappa shape index (κ1) is 20.7. The summed E-state index contributed by atoms with van der Waals surface area (Å²) in [6, 6.07) is 15.2. The Morgan fingerprint density at radius 1 is 0.970 bits per heavy atom. The van der Waals surface area contributed by atoms with E-state index in [1.807, 2.05) is 25.1 Å². The van der Waals surface area contributed by atoms with Gasteiger partial charge >= 0.3 is 0 Å². The van der Waals surface area contributed by atoms with Gasteiger partial charge in [0.25, 0.3) is 5.91 Å². The van der Waals surface area contributed by atoms with Crippen molar-refractivity contribution < 1.29 is 13.7 Å². The number of nitrogens with one attached hydrogen (secondary N) is 1. The maximum atomic E-state index is 12.9. The van der Waals surface area contributed by atoms with Crippen LogP contribution in [0.25, 0.3) is 11.5 Å². The molecule has 9 heteroatoms.